The lowest BCUT2D eigenvalue weighted by molar-refractivity contribution is -0.128. The van der Waals surface area contributed by atoms with E-state index in [4.69, 9.17) is 9.47 Å². The first-order valence-corrected chi connectivity index (χ1v) is 9.74. The SMILES string of the molecule is CCC(Oc1ccc(C)cc1)C(=O)NCCCc1ccc(OC(C)C)cc1. The van der Waals surface area contributed by atoms with Crippen LogP contribution in [0.4, 0.5) is 0 Å². The summed E-state index contributed by atoms with van der Waals surface area (Å²) in [4.78, 5) is 12.4. The highest BCUT2D eigenvalue weighted by atomic mass is 16.5. The number of carbonyl (C=O) groups is 1. The van der Waals surface area contributed by atoms with E-state index >= 15 is 0 Å². The Kier molecular flexibility index (Phi) is 8.18. The molecule has 1 N–H and O–H groups in total. The second kappa shape index (κ2) is 10.6. The van der Waals surface area contributed by atoms with Gasteiger partial charge in [-0.3, -0.25) is 4.79 Å². The number of benzene rings is 2. The summed E-state index contributed by atoms with van der Waals surface area (Å²) in [5, 5.41) is 2.98. The van der Waals surface area contributed by atoms with Crippen molar-refractivity contribution in [2.24, 2.45) is 0 Å². The Balaban J connectivity index is 1.73. The highest BCUT2D eigenvalue weighted by Crippen LogP contribution is 2.16. The Bertz CT molecular complexity index is 693. The third-order valence-electron chi connectivity index (χ3n) is 4.20. The minimum Gasteiger partial charge on any atom is -0.491 e. The van der Waals surface area contributed by atoms with E-state index in [9.17, 15) is 4.79 Å². The normalized spacial score (nSPS) is 11.9. The summed E-state index contributed by atoms with van der Waals surface area (Å²) in [7, 11) is 0. The van der Waals surface area contributed by atoms with Gasteiger partial charge in [0.05, 0.1) is 6.10 Å². The van der Waals surface area contributed by atoms with Crippen molar-refractivity contribution in [2.45, 2.75) is 59.2 Å². The largest absolute Gasteiger partial charge is 0.491 e. The standard InChI is InChI=1S/C23H31NO3/c1-5-22(27-21-12-8-18(4)9-13-21)23(25)24-16-6-7-19-10-14-20(15-11-19)26-17(2)3/h8-15,17,22H,5-7,16H2,1-4H3,(H,24,25). The van der Waals surface area contributed by atoms with Crippen molar-refractivity contribution >= 4 is 5.91 Å². The first-order chi connectivity index (χ1) is 13.0. The molecule has 0 aromatic heterocycles. The van der Waals surface area contributed by atoms with Crippen LogP contribution in [0.1, 0.15) is 44.7 Å². The quantitative estimate of drug-likeness (QED) is 0.618. The van der Waals surface area contributed by atoms with Gasteiger partial charge >= 0.3 is 0 Å². The van der Waals surface area contributed by atoms with Crippen molar-refractivity contribution in [3.63, 3.8) is 0 Å². The monoisotopic (exact) mass is 369 g/mol. The maximum atomic E-state index is 12.4. The van der Waals surface area contributed by atoms with Gasteiger partial charge in [-0.1, -0.05) is 36.8 Å². The second-order valence-corrected chi connectivity index (χ2v) is 7.03. The molecule has 0 saturated heterocycles. The molecule has 0 aliphatic rings. The predicted octanol–water partition coefficient (Wildman–Crippen LogP) is 4.69. The molecule has 1 unspecified atom stereocenters. The van der Waals surface area contributed by atoms with Crippen molar-refractivity contribution in [3.05, 3.63) is 59.7 Å². The van der Waals surface area contributed by atoms with Gasteiger partial charge in [0, 0.05) is 6.54 Å². The Hall–Kier alpha value is -2.49. The van der Waals surface area contributed by atoms with Crippen LogP contribution < -0.4 is 14.8 Å². The van der Waals surface area contributed by atoms with E-state index in [-0.39, 0.29) is 12.0 Å². The fraction of sp³-hybridized carbons (Fsp3) is 0.435. The fourth-order valence-electron chi connectivity index (χ4n) is 2.73. The third-order valence-corrected chi connectivity index (χ3v) is 4.20. The molecule has 2 rings (SSSR count). The number of aryl methyl sites for hydroxylation is 2. The van der Waals surface area contributed by atoms with Crippen molar-refractivity contribution in [2.75, 3.05) is 6.54 Å². The van der Waals surface area contributed by atoms with Gasteiger partial charge in [0.2, 0.25) is 0 Å². The first-order valence-electron chi connectivity index (χ1n) is 9.74. The van der Waals surface area contributed by atoms with Crippen LogP contribution in [0.25, 0.3) is 0 Å². The van der Waals surface area contributed by atoms with E-state index in [2.05, 4.69) is 17.4 Å². The van der Waals surface area contributed by atoms with E-state index in [0.717, 1.165) is 24.3 Å². The molecular weight excluding hydrogens is 338 g/mol. The molecule has 4 nitrogen and oxygen atoms in total. The van der Waals surface area contributed by atoms with Crippen LogP contribution >= 0.6 is 0 Å². The lowest BCUT2D eigenvalue weighted by Gasteiger charge is -2.17. The number of hydrogen-bond acceptors (Lipinski definition) is 3. The smallest absolute Gasteiger partial charge is 0.261 e. The van der Waals surface area contributed by atoms with Crippen LogP contribution in [-0.2, 0) is 11.2 Å². The number of hydrogen-bond donors (Lipinski definition) is 1. The van der Waals surface area contributed by atoms with Crippen molar-refractivity contribution in [1.82, 2.24) is 5.32 Å². The van der Waals surface area contributed by atoms with Crippen LogP contribution in [0.5, 0.6) is 11.5 Å². The summed E-state index contributed by atoms with van der Waals surface area (Å²) in [6.07, 6.45) is 2.16. The van der Waals surface area contributed by atoms with Gasteiger partial charge in [0.15, 0.2) is 6.10 Å². The molecule has 0 fully saturated rings. The van der Waals surface area contributed by atoms with Gasteiger partial charge in [0.25, 0.3) is 5.91 Å². The molecule has 1 atom stereocenters. The van der Waals surface area contributed by atoms with Crippen LogP contribution in [0.15, 0.2) is 48.5 Å². The van der Waals surface area contributed by atoms with Crippen molar-refractivity contribution in [3.8, 4) is 11.5 Å². The minimum atomic E-state index is -0.458. The molecule has 0 aliphatic heterocycles. The van der Waals surface area contributed by atoms with Gasteiger partial charge in [-0.05, 0) is 69.9 Å². The summed E-state index contributed by atoms with van der Waals surface area (Å²) < 4.78 is 11.5. The zero-order chi connectivity index (χ0) is 19.6. The Labute approximate surface area is 162 Å². The number of ether oxygens (including phenoxy) is 2. The molecule has 2 aromatic rings. The highest BCUT2D eigenvalue weighted by molar-refractivity contribution is 5.81. The summed E-state index contributed by atoms with van der Waals surface area (Å²) in [5.74, 6) is 1.56. The fourth-order valence-corrected chi connectivity index (χ4v) is 2.73. The Morgan fingerprint density at radius 1 is 0.963 bits per heavy atom. The summed E-state index contributed by atoms with van der Waals surface area (Å²) >= 11 is 0. The highest BCUT2D eigenvalue weighted by Gasteiger charge is 2.17. The maximum absolute atomic E-state index is 12.4. The molecule has 146 valence electrons. The minimum absolute atomic E-state index is 0.0567. The third kappa shape index (κ3) is 7.33. The Morgan fingerprint density at radius 2 is 1.56 bits per heavy atom. The number of rotatable bonds is 10. The van der Waals surface area contributed by atoms with Crippen LogP contribution in [-0.4, -0.2) is 24.7 Å². The van der Waals surface area contributed by atoms with Crippen LogP contribution in [0, 0.1) is 6.92 Å². The molecule has 2 aromatic carbocycles. The molecule has 1 amide bonds. The molecule has 0 radical (unpaired) electrons. The average molecular weight is 370 g/mol. The van der Waals surface area contributed by atoms with Crippen LogP contribution in [0.2, 0.25) is 0 Å². The topological polar surface area (TPSA) is 47.6 Å². The number of nitrogens with one attached hydrogen (secondary N) is 1. The first kappa shape index (κ1) is 20.8. The molecule has 0 saturated carbocycles. The summed E-state index contributed by atoms with van der Waals surface area (Å²) in [6, 6.07) is 15.9. The summed E-state index contributed by atoms with van der Waals surface area (Å²) in [5.41, 5.74) is 2.41. The summed E-state index contributed by atoms with van der Waals surface area (Å²) in [6.45, 7) is 8.65. The molecule has 0 aliphatic carbocycles. The lowest BCUT2D eigenvalue weighted by Crippen LogP contribution is -2.38. The van der Waals surface area contributed by atoms with E-state index in [1.807, 2.05) is 64.1 Å². The molecule has 0 bridgehead atoms. The lowest BCUT2D eigenvalue weighted by atomic mass is 10.1. The molecular formula is C23H31NO3. The van der Waals surface area contributed by atoms with E-state index < -0.39 is 6.10 Å². The van der Waals surface area contributed by atoms with E-state index in [0.29, 0.717) is 13.0 Å². The van der Waals surface area contributed by atoms with Gasteiger partial charge in [0.1, 0.15) is 11.5 Å². The maximum Gasteiger partial charge on any atom is 0.261 e. The van der Waals surface area contributed by atoms with Gasteiger partial charge in [-0.2, -0.15) is 0 Å². The zero-order valence-corrected chi connectivity index (χ0v) is 16.8. The molecule has 4 heteroatoms. The van der Waals surface area contributed by atoms with Gasteiger partial charge in [-0.25, -0.2) is 0 Å². The zero-order valence-electron chi connectivity index (χ0n) is 16.8. The second-order valence-electron chi connectivity index (χ2n) is 7.03. The molecule has 27 heavy (non-hydrogen) atoms. The Morgan fingerprint density at radius 3 is 2.15 bits per heavy atom. The van der Waals surface area contributed by atoms with Gasteiger partial charge in [-0.15, -0.1) is 0 Å². The van der Waals surface area contributed by atoms with Crippen molar-refractivity contribution < 1.29 is 14.3 Å². The van der Waals surface area contributed by atoms with Gasteiger partial charge < -0.3 is 14.8 Å². The average Bonchev–Trinajstić information content (AvgIpc) is 2.65. The molecule has 0 heterocycles. The number of carbonyl (C=O) groups excluding carboxylic acids is 1. The van der Waals surface area contributed by atoms with E-state index in [1.165, 1.54) is 11.1 Å². The van der Waals surface area contributed by atoms with Crippen molar-refractivity contribution in [1.29, 1.82) is 0 Å². The van der Waals surface area contributed by atoms with E-state index in [1.54, 1.807) is 0 Å². The predicted molar refractivity (Wildman–Crippen MR) is 109 cm³/mol. The van der Waals surface area contributed by atoms with Crippen LogP contribution in [0.3, 0.4) is 0 Å². The number of amides is 1. The molecule has 0 spiro atoms.